The lowest BCUT2D eigenvalue weighted by molar-refractivity contribution is 0.191. The van der Waals surface area contributed by atoms with Gasteiger partial charge in [0.25, 0.3) is 0 Å². The summed E-state index contributed by atoms with van der Waals surface area (Å²) >= 11 is 6.25. The fraction of sp³-hybridized carbons (Fsp3) is 0.294. The molecule has 0 amide bonds. The van der Waals surface area contributed by atoms with Crippen molar-refractivity contribution >= 4 is 17.4 Å². The standard InChI is InChI=1S/C17H19ClN4O2/c18-15-14(16(19)21-23)6-8-20-17(15)24-13-7-9-22(11-13)10-12-4-2-1-3-5-12/h1-6,8,13,23H,7,9-11H2,(H2,19,21). The third kappa shape index (κ3) is 3.77. The highest BCUT2D eigenvalue weighted by atomic mass is 35.5. The van der Waals surface area contributed by atoms with Crippen molar-refractivity contribution in [3.05, 3.63) is 58.7 Å². The van der Waals surface area contributed by atoms with Crippen LogP contribution in [0.15, 0.2) is 47.8 Å². The molecule has 7 heteroatoms. The molecule has 1 aliphatic heterocycles. The number of rotatable bonds is 5. The molecule has 126 valence electrons. The average molecular weight is 347 g/mol. The second-order valence-corrected chi connectivity index (χ2v) is 6.09. The van der Waals surface area contributed by atoms with Crippen LogP contribution in [0, 0.1) is 0 Å². The fourth-order valence-electron chi connectivity index (χ4n) is 2.79. The summed E-state index contributed by atoms with van der Waals surface area (Å²) in [7, 11) is 0. The summed E-state index contributed by atoms with van der Waals surface area (Å²) in [5.41, 5.74) is 7.29. The fourth-order valence-corrected chi connectivity index (χ4v) is 3.05. The normalized spacial score (nSPS) is 18.7. The summed E-state index contributed by atoms with van der Waals surface area (Å²) < 4.78 is 5.93. The number of nitrogens with two attached hydrogens (primary N) is 1. The van der Waals surface area contributed by atoms with E-state index in [-0.39, 0.29) is 17.0 Å². The van der Waals surface area contributed by atoms with Crippen molar-refractivity contribution in [1.82, 2.24) is 9.88 Å². The van der Waals surface area contributed by atoms with Crippen LogP contribution >= 0.6 is 11.6 Å². The zero-order valence-electron chi connectivity index (χ0n) is 13.1. The van der Waals surface area contributed by atoms with Crippen molar-refractivity contribution in [3.63, 3.8) is 0 Å². The molecule has 1 fully saturated rings. The summed E-state index contributed by atoms with van der Waals surface area (Å²) in [6.45, 7) is 2.66. The van der Waals surface area contributed by atoms with Gasteiger partial charge in [-0.25, -0.2) is 4.98 Å². The zero-order chi connectivity index (χ0) is 16.9. The Balaban J connectivity index is 1.64. The van der Waals surface area contributed by atoms with Gasteiger partial charge in [0.05, 0.1) is 0 Å². The number of ether oxygens (including phenoxy) is 1. The highest BCUT2D eigenvalue weighted by Gasteiger charge is 2.25. The Hall–Kier alpha value is -2.31. The smallest absolute Gasteiger partial charge is 0.233 e. The van der Waals surface area contributed by atoms with Crippen LogP contribution in [0.5, 0.6) is 5.88 Å². The van der Waals surface area contributed by atoms with E-state index in [1.165, 1.54) is 11.8 Å². The van der Waals surface area contributed by atoms with Crippen LogP contribution < -0.4 is 10.5 Å². The number of aromatic nitrogens is 1. The molecule has 0 radical (unpaired) electrons. The molecule has 0 saturated carbocycles. The summed E-state index contributed by atoms with van der Waals surface area (Å²) in [6, 6.07) is 11.9. The lowest BCUT2D eigenvalue weighted by atomic mass is 10.2. The van der Waals surface area contributed by atoms with Crippen molar-refractivity contribution in [2.75, 3.05) is 13.1 Å². The Morgan fingerprint density at radius 2 is 2.17 bits per heavy atom. The molecule has 2 heterocycles. The van der Waals surface area contributed by atoms with Crippen LogP contribution in [0.2, 0.25) is 5.02 Å². The van der Waals surface area contributed by atoms with Crippen molar-refractivity contribution < 1.29 is 9.94 Å². The van der Waals surface area contributed by atoms with E-state index in [9.17, 15) is 0 Å². The number of nitrogens with zero attached hydrogens (tertiary/aromatic N) is 3. The SMILES string of the molecule is N/C(=N/O)c1ccnc(OC2CCN(Cc3ccccc3)C2)c1Cl. The monoisotopic (exact) mass is 346 g/mol. The van der Waals surface area contributed by atoms with E-state index in [2.05, 4.69) is 27.2 Å². The van der Waals surface area contributed by atoms with E-state index in [4.69, 9.17) is 27.3 Å². The quantitative estimate of drug-likeness (QED) is 0.376. The predicted molar refractivity (Wildman–Crippen MR) is 92.5 cm³/mol. The molecular formula is C17H19ClN4O2. The average Bonchev–Trinajstić information content (AvgIpc) is 3.04. The van der Waals surface area contributed by atoms with Gasteiger partial charge >= 0.3 is 0 Å². The first kappa shape index (κ1) is 16.5. The molecule has 24 heavy (non-hydrogen) atoms. The molecule has 1 aromatic heterocycles. The lowest BCUT2D eigenvalue weighted by Gasteiger charge is -2.17. The van der Waals surface area contributed by atoms with Gasteiger partial charge in [-0.1, -0.05) is 47.1 Å². The van der Waals surface area contributed by atoms with Crippen LogP contribution in [0.4, 0.5) is 0 Å². The van der Waals surface area contributed by atoms with Gasteiger partial charge in [0, 0.05) is 31.4 Å². The molecule has 2 aromatic rings. The number of pyridine rings is 1. The molecule has 1 saturated heterocycles. The van der Waals surface area contributed by atoms with Gasteiger partial charge in [-0.2, -0.15) is 0 Å². The van der Waals surface area contributed by atoms with Crippen LogP contribution in [0.1, 0.15) is 17.5 Å². The molecule has 0 bridgehead atoms. The number of halogens is 1. The molecule has 0 aliphatic carbocycles. The minimum absolute atomic E-state index is 0.0150. The van der Waals surface area contributed by atoms with E-state index in [1.807, 2.05) is 18.2 Å². The molecule has 1 atom stereocenters. The highest BCUT2D eigenvalue weighted by molar-refractivity contribution is 6.35. The maximum atomic E-state index is 8.80. The topological polar surface area (TPSA) is 84.0 Å². The number of amidine groups is 1. The third-order valence-electron chi connectivity index (χ3n) is 4.00. The van der Waals surface area contributed by atoms with E-state index < -0.39 is 0 Å². The number of hydrogen-bond donors (Lipinski definition) is 2. The number of likely N-dealkylation sites (tertiary alicyclic amines) is 1. The third-order valence-corrected chi connectivity index (χ3v) is 4.36. The molecule has 3 rings (SSSR count). The second kappa shape index (κ2) is 7.51. The van der Waals surface area contributed by atoms with E-state index >= 15 is 0 Å². The highest BCUT2D eigenvalue weighted by Crippen LogP contribution is 2.28. The van der Waals surface area contributed by atoms with Gasteiger partial charge in [0.2, 0.25) is 5.88 Å². The van der Waals surface area contributed by atoms with Crippen LogP contribution in [-0.2, 0) is 6.54 Å². The van der Waals surface area contributed by atoms with Gasteiger partial charge in [0.15, 0.2) is 5.84 Å². The summed E-state index contributed by atoms with van der Waals surface area (Å²) in [5.74, 6) is 0.247. The van der Waals surface area contributed by atoms with Crippen molar-refractivity contribution in [3.8, 4) is 5.88 Å². The zero-order valence-corrected chi connectivity index (χ0v) is 13.9. The number of benzene rings is 1. The van der Waals surface area contributed by atoms with Crippen molar-refractivity contribution in [2.45, 2.75) is 19.1 Å². The van der Waals surface area contributed by atoms with Crippen LogP contribution in [-0.4, -0.2) is 40.1 Å². The molecule has 1 aromatic carbocycles. The van der Waals surface area contributed by atoms with Gasteiger partial charge < -0.3 is 15.7 Å². The first-order chi connectivity index (χ1) is 11.7. The minimum atomic E-state index is -0.0654. The Kier molecular flexibility index (Phi) is 5.17. The molecular weight excluding hydrogens is 328 g/mol. The summed E-state index contributed by atoms with van der Waals surface area (Å²) in [4.78, 5) is 6.50. The second-order valence-electron chi connectivity index (χ2n) is 5.71. The largest absolute Gasteiger partial charge is 0.472 e. The number of hydrogen-bond acceptors (Lipinski definition) is 5. The number of oxime groups is 1. The Labute approximate surface area is 145 Å². The first-order valence-electron chi connectivity index (χ1n) is 7.72. The Morgan fingerprint density at radius 1 is 1.38 bits per heavy atom. The maximum Gasteiger partial charge on any atom is 0.233 e. The van der Waals surface area contributed by atoms with Gasteiger partial charge in [-0.15, -0.1) is 0 Å². The maximum absolute atomic E-state index is 8.80. The van der Waals surface area contributed by atoms with Crippen molar-refractivity contribution in [2.24, 2.45) is 10.9 Å². The van der Waals surface area contributed by atoms with E-state index in [0.717, 1.165) is 26.1 Å². The van der Waals surface area contributed by atoms with E-state index in [1.54, 1.807) is 6.07 Å². The van der Waals surface area contributed by atoms with Gasteiger partial charge in [-0.05, 0) is 18.1 Å². The van der Waals surface area contributed by atoms with Crippen LogP contribution in [0.3, 0.4) is 0 Å². The molecule has 6 nitrogen and oxygen atoms in total. The first-order valence-corrected chi connectivity index (χ1v) is 8.10. The van der Waals surface area contributed by atoms with Crippen molar-refractivity contribution in [1.29, 1.82) is 0 Å². The Bertz CT molecular complexity index is 724. The summed E-state index contributed by atoms with van der Waals surface area (Å²) in [6.07, 6.45) is 2.45. The predicted octanol–water partition coefficient (Wildman–Crippen LogP) is 2.48. The molecule has 1 aliphatic rings. The Morgan fingerprint density at radius 3 is 2.92 bits per heavy atom. The van der Waals surface area contributed by atoms with Gasteiger partial charge in [0.1, 0.15) is 11.1 Å². The lowest BCUT2D eigenvalue weighted by Crippen LogP contribution is -2.25. The molecule has 1 unspecified atom stereocenters. The molecule has 0 spiro atoms. The van der Waals surface area contributed by atoms with Crippen LogP contribution in [0.25, 0.3) is 0 Å². The summed E-state index contributed by atoms with van der Waals surface area (Å²) in [5, 5.41) is 12.0. The molecule has 3 N–H and O–H groups in total. The minimum Gasteiger partial charge on any atom is -0.472 e. The van der Waals surface area contributed by atoms with Gasteiger partial charge in [-0.3, -0.25) is 4.90 Å². The van der Waals surface area contributed by atoms with E-state index in [0.29, 0.717) is 11.4 Å².